The van der Waals surface area contributed by atoms with Gasteiger partial charge in [0.15, 0.2) is 5.76 Å². The third kappa shape index (κ3) is 3.30. The lowest BCUT2D eigenvalue weighted by Crippen LogP contribution is -2.51. The smallest absolute Gasteiger partial charge is 0.314 e. The predicted molar refractivity (Wildman–Crippen MR) is 104 cm³/mol. The lowest BCUT2D eigenvalue weighted by Gasteiger charge is -2.53. The molecule has 0 bridgehead atoms. The quantitative estimate of drug-likeness (QED) is 0.492. The van der Waals surface area contributed by atoms with Crippen LogP contribution in [0.25, 0.3) is 0 Å². The van der Waals surface area contributed by atoms with E-state index in [2.05, 4.69) is 13.8 Å². The number of methoxy groups -OCH3 is 1. The van der Waals surface area contributed by atoms with Crippen molar-refractivity contribution in [2.45, 2.75) is 66.7 Å². The first-order valence-electron chi connectivity index (χ1n) is 9.65. The minimum Gasteiger partial charge on any atom is -0.512 e. The molecule has 2 aliphatic rings. The number of ether oxygens (including phenoxy) is 1. The molecule has 2 N–H and O–H groups in total. The summed E-state index contributed by atoms with van der Waals surface area (Å²) in [5.41, 5.74) is 2.24. The molecule has 26 heavy (non-hydrogen) atoms. The van der Waals surface area contributed by atoms with Crippen LogP contribution in [0, 0.1) is 22.7 Å². The molecule has 146 valence electrons. The van der Waals surface area contributed by atoms with Crippen LogP contribution >= 0.6 is 0 Å². The molecule has 1 saturated carbocycles. The van der Waals surface area contributed by atoms with Gasteiger partial charge in [-0.15, -0.1) is 0 Å². The maximum Gasteiger partial charge on any atom is 0.314 e. The third-order valence-electron chi connectivity index (χ3n) is 6.74. The summed E-state index contributed by atoms with van der Waals surface area (Å²) in [7, 11) is 1.54. The van der Waals surface area contributed by atoms with Crippen molar-refractivity contribution in [3.05, 3.63) is 34.8 Å². The SMILES string of the molecule is COC(=C\O)/C(=C\C1=C(C)[C@@]2(C(=O)O)CCCC(C)(C)[C@@H]2CC1)C(C)C. The summed E-state index contributed by atoms with van der Waals surface area (Å²) in [5, 5.41) is 19.8. The van der Waals surface area contributed by atoms with Crippen molar-refractivity contribution < 1.29 is 19.7 Å². The van der Waals surface area contributed by atoms with E-state index in [1.165, 1.54) is 0 Å². The number of rotatable bonds is 5. The highest BCUT2D eigenvalue weighted by atomic mass is 16.5. The van der Waals surface area contributed by atoms with Crippen molar-refractivity contribution in [2.75, 3.05) is 7.11 Å². The molecule has 0 unspecified atom stereocenters. The highest BCUT2D eigenvalue weighted by Gasteiger charge is 2.56. The van der Waals surface area contributed by atoms with Gasteiger partial charge in [-0.1, -0.05) is 45.8 Å². The van der Waals surface area contributed by atoms with Gasteiger partial charge in [-0.2, -0.15) is 0 Å². The highest BCUT2D eigenvalue weighted by molar-refractivity contribution is 5.80. The van der Waals surface area contributed by atoms with Crippen molar-refractivity contribution in [3.63, 3.8) is 0 Å². The lowest BCUT2D eigenvalue weighted by atomic mass is 9.49. The van der Waals surface area contributed by atoms with Gasteiger partial charge in [-0.3, -0.25) is 4.79 Å². The normalized spacial score (nSPS) is 29.6. The van der Waals surface area contributed by atoms with E-state index >= 15 is 0 Å². The maximum atomic E-state index is 12.5. The second-order valence-electron chi connectivity index (χ2n) is 8.81. The fraction of sp³-hybridized carbons (Fsp3) is 0.682. The average Bonchev–Trinajstić information content (AvgIpc) is 2.56. The molecule has 0 spiro atoms. The molecule has 0 aromatic rings. The van der Waals surface area contributed by atoms with Crippen molar-refractivity contribution in [1.82, 2.24) is 0 Å². The topological polar surface area (TPSA) is 66.8 Å². The van der Waals surface area contributed by atoms with Gasteiger partial charge in [0.2, 0.25) is 0 Å². The summed E-state index contributed by atoms with van der Waals surface area (Å²) in [6.45, 7) is 10.5. The predicted octanol–water partition coefficient (Wildman–Crippen LogP) is 5.62. The van der Waals surface area contributed by atoms with Gasteiger partial charge in [0.05, 0.1) is 12.5 Å². The van der Waals surface area contributed by atoms with Gasteiger partial charge in [0.1, 0.15) is 6.26 Å². The largest absolute Gasteiger partial charge is 0.512 e. The van der Waals surface area contributed by atoms with Crippen molar-refractivity contribution >= 4 is 5.97 Å². The van der Waals surface area contributed by atoms with E-state index in [0.717, 1.165) is 48.7 Å². The van der Waals surface area contributed by atoms with E-state index in [-0.39, 0.29) is 17.3 Å². The number of carbonyl (C=O) groups is 1. The van der Waals surface area contributed by atoms with Crippen LogP contribution in [0.3, 0.4) is 0 Å². The maximum absolute atomic E-state index is 12.5. The number of allylic oxidation sites excluding steroid dienone is 3. The summed E-state index contributed by atoms with van der Waals surface area (Å²) in [5.74, 6) is 0.0797. The van der Waals surface area contributed by atoms with Crippen LogP contribution in [-0.4, -0.2) is 23.3 Å². The van der Waals surface area contributed by atoms with Crippen LogP contribution in [0.1, 0.15) is 66.7 Å². The van der Waals surface area contributed by atoms with E-state index in [1.807, 2.05) is 26.8 Å². The Hall–Kier alpha value is -1.71. The first-order valence-corrected chi connectivity index (χ1v) is 9.65. The molecule has 2 atom stereocenters. The number of aliphatic hydroxyl groups excluding tert-OH is 1. The fourth-order valence-corrected chi connectivity index (χ4v) is 5.25. The zero-order valence-corrected chi connectivity index (χ0v) is 17.1. The fourth-order valence-electron chi connectivity index (χ4n) is 5.25. The van der Waals surface area contributed by atoms with Gasteiger partial charge < -0.3 is 14.9 Å². The minimum absolute atomic E-state index is 0.0384. The van der Waals surface area contributed by atoms with E-state index in [0.29, 0.717) is 12.2 Å². The van der Waals surface area contributed by atoms with Crippen molar-refractivity contribution in [1.29, 1.82) is 0 Å². The Labute approximate surface area is 157 Å². The lowest BCUT2D eigenvalue weighted by molar-refractivity contribution is -0.157. The Morgan fingerprint density at radius 1 is 1.31 bits per heavy atom. The van der Waals surface area contributed by atoms with Gasteiger partial charge in [-0.25, -0.2) is 0 Å². The van der Waals surface area contributed by atoms with Crippen molar-refractivity contribution in [2.24, 2.45) is 22.7 Å². The molecule has 4 heteroatoms. The first kappa shape index (κ1) is 20.6. The Kier molecular flexibility index (Phi) is 5.94. The Morgan fingerprint density at radius 3 is 2.46 bits per heavy atom. The van der Waals surface area contributed by atoms with Gasteiger partial charge >= 0.3 is 5.97 Å². The molecule has 4 nitrogen and oxygen atoms in total. The molecule has 0 radical (unpaired) electrons. The minimum atomic E-state index is -0.774. The molecular formula is C22H34O4. The number of carboxylic acids is 1. The number of aliphatic hydroxyl groups is 1. The average molecular weight is 363 g/mol. The van der Waals surface area contributed by atoms with Gasteiger partial charge in [0, 0.05) is 5.57 Å². The van der Waals surface area contributed by atoms with Crippen LogP contribution in [0.2, 0.25) is 0 Å². The standard InChI is InChI=1S/C22H34O4/c1-14(2)17(18(13-23)26-6)12-16-8-9-19-21(4,5)10-7-11-22(19,15(16)3)20(24)25/h12-14,19,23H,7-11H2,1-6H3,(H,24,25)/b17-12-,18-13-/t19-,22-/m0/s1. The molecule has 2 rings (SSSR count). The van der Waals surface area contributed by atoms with Crippen LogP contribution in [0.15, 0.2) is 34.8 Å². The zero-order chi connectivity index (χ0) is 19.7. The van der Waals surface area contributed by atoms with Crippen LogP contribution in [-0.2, 0) is 9.53 Å². The molecule has 2 aliphatic carbocycles. The Balaban J connectivity index is 2.62. The number of fused-ring (bicyclic) bond motifs is 1. The molecular weight excluding hydrogens is 328 g/mol. The van der Waals surface area contributed by atoms with Gasteiger partial charge in [-0.05, 0) is 55.4 Å². The van der Waals surface area contributed by atoms with Crippen molar-refractivity contribution in [3.8, 4) is 0 Å². The molecule has 0 aliphatic heterocycles. The second kappa shape index (κ2) is 7.50. The molecule has 0 aromatic heterocycles. The highest BCUT2D eigenvalue weighted by Crippen LogP contribution is 2.60. The summed E-state index contributed by atoms with van der Waals surface area (Å²) in [4.78, 5) is 12.5. The summed E-state index contributed by atoms with van der Waals surface area (Å²) in [6, 6.07) is 0. The monoisotopic (exact) mass is 362 g/mol. The van der Waals surface area contributed by atoms with Crippen LogP contribution < -0.4 is 0 Å². The van der Waals surface area contributed by atoms with Crippen LogP contribution in [0.5, 0.6) is 0 Å². The number of aliphatic carboxylic acids is 1. The molecule has 0 amide bonds. The zero-order valence-electron chi connectivity index (χ0n) is 17.1. The number of hydrogen-bond donors (Lipinski definition) is 2. The molecule has 1 fully saturated rings. The third-order valence-corrected chi connectivity index (χ3v) is 6.74. The van der Waals surface area contributed by atoms with E-state index in [1.54, 1.807) is 7.11 Å². The second-order valence-corrected chi connectivity index (χ2v) is 8.81. The molecule has 0 aromatic carbocycles. The Bertz CT molecular complexity index is 651. The number of hydrogen-bond acceptors (Lipinski definition) is 3. The van der Waals surface area contributed by atoms with E-state index in [4.69, 9.17) is 4.74 Å². The summed E-state index contributed by atoms with van der Waals surface area (Å²) in [6.07, 6.45) is 7.54. The van der Waals surface area contributed by atoms with E-state index < -0.39 is 11.4 Å². The Morgan fingerprint density at radius 2 is 1.96 bits per heavy atom. The molecule has 0 saturated heterocycles. The molecule has 0 heterocycles. The first-order chi connectivity index (χ1) is 12.1. The number of carboxylic acid groups (broad SMARTS) is 1. The summed E-state index contributed by atoms with van der Waals surface area (Å²) < 4.78 is 5.32. The summed E-state index contributed by atoms with van der Waals surface area (Å²) >= 11 is 0. The van der Waals surface area contributed by atoms with Crippen LogP contribution in [0.4, 0.5) is 0 Å². The van der Waals surface area contributed by atoms with Gasteiger partial charge in [0.25, 0.3) is 0 Å². The van der Waals surface area contributed by atoms with E-state index in [9.17, 15) is 15.0 Å².